The van der Waals surface area contributed by atoms with Crippen molar-refractivity contribution < 1.29 is 5.11 Å². The van der Waals surface area contributed by atoms with Gasteiger partial charge in [-0.3, -0.25) is 4.99 Å². The molecular weight excluding hydrogens is 262 g/mol. The molecule has 1 rings (SSSR count). The molecule has 0 bridgehead atoms. The molecule has 0 aromatic heterocycles. The predicted octanol–water partition coefficient (Wildman–Crippen LogP) is 2.87. The van der Waals surface area contributed by atoms with E-state index in [1.807, 2.05) is 0 Å². The highest BCUT2D eigenvalue weighted by Crippen LogP contribution is 2.32. The largest absolute Gasteiger partial charge is 0.396 e. The Morgan fingerprint density at radius 3 is 2.38 bits per heavy atom. The van der Waals surface area contributed by atoms with Crippen LogP contribution in [-0.2, 0) is 0 Å². The van der Waals surface area contributed by atoms with Crippen molar-refractivity contribution in [2.24, 2.45) is 15.8 Å². The second kappa shape index (κ2) is 8.02. The molecule has 1 aliphatic heterocycles. The zero-order valence-electron chi connectivity index (χ0n) is 14.7. The molecule has 1 aliphatic rings. The number of likely N-dealkylation sites (tertiary alicyclic amines) is 1. The van der Waals surface area contributed by atoms with Gasteiger partial charge >= 0.3 is 0 Å². The molecule has 4 nitrogen and oxygen atoms in total. The molecule has 124 valence electrons. The first-order chi connectivity index (χ1) is 9.92. The van der Waals surface area contributed by atoms with E-state index in [-0.39, 0.29) is 12.0 Å². The number of aliphatic hydroxyl groups is 1. The topological polar surface area (TPSA) is 47.9 Å². The first-order valence-electron chi connectivity index (χ1n) is 8.56. The standard InChI is InChI=1S/C17H35N3O/c1-6-17(7-2,10-12-21)13-19-15(18-8-3)20-11-9-16(4,5)14-20/h21H,6-14H2,1-5H3,(H,18,19). The van der Waals surface area contributed by atoms with Crippen LogP contribution in [0, 0.1) is 10.8 Å². The van der Waals surface area contributed by atoms with Gasteiger partial charge in [0.25, 0.3) is 0 Å². The minimum absolute atomic E-state index is 0.144. The molecule has 0 aromatic rings. The highest BCUT2D eigenvalue weighted by atomic mass is 16.3. The molecule has 1 heterocycles. The van der Waals surface area contributed by atoms with Crippen LogP contribution in [0.3, 0.4) is 0 Å². The number of aliphatic hydroxyl groups excluding tert-OH is 1. The van der Waals surface area contributed by atoms with Crippen LogP contribution in [0.15, 0.2) is 4.99 Å². The van der Waals surface area contributed by atoms with Crippen LogP contribution in [0.5, 0.6) is 0 Å². The van der Waals surface area contributed by atoms with Gasteiger partial charge < -0.3 is 15.3 Å². The predicted molar refractivity (Wildman–Crippen MR) is 90.7 cm³/mol. The molecule has 0 radical (unpaired) electrons. The van der Waals surface area contributed by atoms with Gasteiger partial charge in [0.15, 0.2) is 5.96 Å². The van der Waals surface area contributed by atoms with Gasteiger partial charge in [0.05, 0.1) is 0 Å². The number of nitrogens with zero attached hydrogens (tertiary/aromatic N) is 2. The number of guanidine groups is 1. The van der Waals surface area contributed by atoms with Gasteiger partial charge in [-0.15, -0.1) is 0 Å². The second-order valence-electron chi connectivity index (χ2n) is 7.19. The lowest BCUT2D eigenvalue weighted by atomic mass is 9.79. The van der Waals surface area contributed by atoms with E-state index in [1.165, 1.54) is 6.42 Å². The minimum Gasteiger partial charge on any atom is -0.396 e. The van der Waals surface area contributed by atoms with Crippen molar-refractivity contribution in [3.8, 4) is 0 Å². The van der Waals surface area contributed by atoms with E-state index in [9.17, 15) is 5.11 Å². The third-order valence-electron chi connectivity index (χ3n) is 5.02. The van der Waals surface area contributed by atoms with E-state index in [1.54, 1.807) is 0 Å². The molecule has 0 amide bonds. The summed E-state index contributed by atoms with van der Waals surface area (Å²) in [6.45, 7) is 15.3. The number of nitrogens with one attached hydrogen (secondary N) is 1. The Bertz CT molecular complexity index is 335. The number of rotatable bonds is 7. The quantitative estimate of drug-likeness (QED) is 0.561. The van der Waals surface area contributed by atoms with Gasteiger partial charge in [-0.1, -0.05) is 27.7 Å². The van der Waals surface area contributed by atoms with E-state index in [0.29, 0.717) is 5.41 Å². The summed E-state index contributed by atoms with van der Waals surface area (Å²) < 4.78 is 0. The van der Waals surface area contributed by atoms with Crippen LogP contribution < -0.4 is 5.32 Å². The van der Waals surface area contributed by atoms with Crippen molar-refractivity contribution in [2.75, 3.05) is 32.8 Å². The molecular formula is C17H35N3O. The maximum absolute atomic E-state index is 9.34. The third-order valence-corrected chi connectivity index (χ3v) is 5.02. The molecule has 0 atom stereocenters. The summed E-state index contributed by atoms with van der Waals surface area (Å²) in [5.74, 6) is 1.05. The van der Waals surface area contributed by atoms with Gasteiger partial charge in [-0.2, -0.15) is 0 Å². The lowest BCUT2D eigenvalue weighted by Crippen LogP contribution is -2.41. The zero-order chi connectivity index (χ0) is 15.9. The van der Waals surface area contributed by atoms with E-state index < -0.39 is 0 Å². The summed E-state index contributed by atoms with van der Waals surface area (Å²) in [5.41, 5.74) is 0.526. The van der Waals surface area contributed by atoms with Crippen LogP contribution >= 0.6 is 0 Å². The lowest BCUT2D eigenvalue weighted by molar-refractivity contribution is 0.175. The highest BCUT2D eigenvalue weighted by Gasteiger charge is 2.32. The van der Waals surface area contributed by atoms with Crippen molar-refractivity contribution in [3.05, 3.63) is 0 Å². The van der Waals surface area contributed by atoms with Crippen LogP contribution in [0.4, 0.5) is 0 Å². The van der Waals surface area contributed by atoms with Crippen LogP contribution in [-0.4, -0.2) is 48.8 Å². The SMILES string of the molecule is CCNC(=NCC(CC)(CC)CCO)N1CCC(C)(C)C1. The van der Waals surface area contributed by atoms with Crippen molar-refractivity contribution in [2.45, 2.75) is 60.3 Å². The van der Waals surface area contributed by atoms with E-state index in [0.717, 1.165) is 51.4 Å². The highest BCUT2D eigenvalue weighted by molar-refractivity contribution is 5.80. The van der Waals surface area contributed by atoms with Crippen LogP contribution in [0.2, 0.25) is 0 Å². The fourth-order valence-corrected chi connectivity index (χ4v) is 3.10. The van der Waals surface area contributed by atoms with E-state index in [2.05, 4.69) is 44.8 Å². The Kier molecular flexibility index (Phi) is 6.98. The average molecular weight is 297 g/mol. The molecule has 1 fully saturated rings. The Labute approximate surface area is 131 Å². The molecule has 0 aromatic carbocycles. The van der Waals surface area contributed by atoms with Gasteiger partial charge in [0, 0.05) is 32.8 Å². The smallest absolute Gasteiger partial charge is 0.193 e. The molecule has 21 heavy (non-hydrogen) atoms. The maximum atomic E-state index is 9.34. The molecule has 2 N–H and O–H groups in total. The number of hydrogen-bond donors (Lipinski definition) is 2. The second-order valence-corrected chi connectivity index (χ2v) is 7.19. The Morgan fingerprint density at radius 2 is 1.95 bits per heavy atom. The average Bonchev–Trinajstić information content (AvgIpc) is 2.82. The van der Waals surface area contributed by atoms with Crippen molar-refractivity contribution >= 4 is 5.96 Å². The Hall–Kier alpha value is -0.770. The van der Waals surface area contributed by atoms with Crippen LogP contribution in [0.25, 0.3) is 0 Å². The zero-order valence-corrected chi connectivity index (χ0v) is 14.7. The van der Waals surface area contributed by atoms with E-state index >= 15 is 0 Å². The third kappa shape index (κ3) is 5.17. The van der Waals surface area contributed by atoms with Crippen molar-refractivity contribution in [1.29, 1.82) is 0 Å². The summed E-state index contributed by atoms with van der Waals surface area (Å²) >= 11 is 0. The fourth-order valence-electron chi connectivity index (χ4n) is 3.10. The summed E-state index contributed by atoms with van der Waals surface area (Å²) in [6.07, 6.45) is 4.20. The van der Waals surface area contributed by atoms with Crippen LogP contribution in [0.1, 0.15) is 60.3 Å². The monoisotopic (exact) mass is 297 g/mol. The maximum Gasteiger partial charge on any atom is 0.193 e. The van der Waals surface area contributed by atoms with Gasteiger partial charge in [0.1, 0.15) is 0 Å². The number of hydrogen-bond acceptors (Lipinski definition) is 2. The summed E-state index contributed by atoms with van der Waals surface area (Å²) in [7, 11) is 0. The molecule has 0 unspecified atom stereocenters. The van der Waals surface area contributed by atoms with Crippen molar-refractivity contribution in [1.82, 2.24) is 10.2 Å². The minimum atomic E-state index is 0.144. The fraction of sp³-hybridized carbons (Fsp3) is 0.941. The molecule has 0 aliphatic carbocycles. The first kappa shape index (κ1) is 18.3. The van der Waals surface area contributed by atoms with Gasteiger partial charge in [-0.05, 0) is 43.4 Å². The van der Waals surface area contributed by atoms with Crippen molar-refractivity contribution in [3.63, 3.8) is 0 Å². The van der Waals surface area contributed by atoms with E-state index in [4.69, 9.17) is 4.99 Å². The Morgan fingerprint density at radius 1 is 1.29 bits per heavy atom. The molecule has 1 saturated heterocycles. The molecule has 0 saturated carbocycles. The lowest BCUT2D eigenvalue weighted by Gasteiger charge is -2.31. The summed E-state index contributed by atoms with van der Waals surface area (Å²) in [4.78, 5) is 7.30. The first-order valence-corrected chi connectivity index (χ1v) is 8.56. The van der Waals surface area contributed by atoms with Gasteiger partial charge in [0.2, 0.25) is 0 Å². The number of aliphatic imine (C=N–C) groups is 1. The van der Waals surface area contributed by atoms with Gasteiger partial charge in [-0.25, -0.2) is 0 Å². The normalized spacial score (nSPS) is 19.1. The Balaban J connectivity index is 2.79. The summed E-state index contributed by atoms with van der Waals surface area (Å²) in [5, 5.41) is 12.8. The molecule has 4 heteroatoms. The molecule has 0 spiro atoms. The summed E-state index contributed by atoms with van der Waals surface area (Å²) in [6, 6.07) is 0.